The highest BCUT2D eigenvalue weighted by Crippen LogP contribution is 2.30. The number of rotatable bonds is 2. The Kier molecular flexibility index (Phi) is 3.26. The zero-order valence-corrected chi connectivity index (χ0v) is 10.3. The number of hydrogen-bond donors (Lipinski definition) is 0. The van der Waals surface area contributed by atoms with Crippen LogP contribution in [0, 0.1) is 5.92 Å². The Morgan fingerprint density at radius 3 is 3.07 bits per heavy atom. The summed E-state index contributed by atoms with van der Waals surface area (Å²) in [5, 5.41) is 0. The molecular weight excluding hydrogens is 279 g/mol. The van der Waals surface area contributed by atoms with Crippen LogP contribution < -0.4 is 4.90 Å². The zero-order valence-electron chi connectivity index (χ0n) is 7.99. The molecule has 0 aromatic carbocycles. The van der Waals surface area contributed by atoms with Crippen molar-refractivity contribution in [2.75, 3.05) is 17.3 Å². The molecule has 1 amide bonds. The molecule has 5 heteroatoms. The monoisotopic (exact) mass is 288 g/mol. The van der Waals surface area contributed by atoms with E-state index in [1.807, 2.05) is 6.07 Å². The Bertz CT molecular complexity index is 385. The van der Waals surface area contributed by atoms with Gasteiger partial charge in [0.1, 0.15) is 0 Å². The van der Waals surface area contributed by atoms with Gasteiger partial charge in [0.15, 0.2) is 0 Å². The average Bonchev–Trinajstić information content (AvgIpc) is 2.60. The predicted molar refractivity (Wildman–Crippen MR) is 63.1 cm³/mol. The Labute approximate surface area is 102 Å². The van der Waals surface area contributed by atoms with Crippen molar-refractivity contribution in [2.24, 2.45) is 5.92 Å². The molecule has 2 rings (SSSR count). The maximum absolute atomic E-state index is 11.7. The molecule has 1 fully saturated rings. The van der Waals surface area contributed by atoms with Crippen LogP contribution in [0.25, 0.3) is 0 Å². The summed E-state index contributed by atoms with van der Waals surface area (Å²) in [6.45, 7) is 0.699. The fourth-order valence-electron chi connectivity index (χ4n) is 1.70. The van der Waals surface area contributed by atoms with Crippen LogP contribution in [0.15, 0.2) is 22.9 Å². The quantitative estimate of drug-likeness (QED) is 0.784. The van der Waals surface area contributed by atoms with Gasteiger partial charge in [-0.25, -0.2) is 0 Å². The van der Waals surface area contributed by atoms with Gasteiger partial charge >= 0.3 is 0 Å². The Hall–Kier alpha value is -0.610. The number of pyridine rings is 1. The van der Waals surface area contributed by atoms with Gasteiger partial charge in [0.25, 0.3) is 0 Å². The summed E-state index contributed by atoms with van der Waals surface area (Å²) in [7, 11) is 0. The van der Waals surface area contributed by atoms with Crippen molar-refractivity contribution >= 4 is 39.1 Å². The van der Waals surface area contributed by atoms with Crippen LogP contribution >= 0.6 is 27.5 Å². The van der Waals surface area contributed by atoms with Gasteiger partial charge in [-0.15, -0.1) is 11.6 Å². The van der Waals surface area contributed by atoms with Gasteiger partial charge in [-0.05, 0) is 27.9 Å². The minimum absolute atomic E-state index is 0.132. The van der Waals surface area contributed by atoms with E-state index in [0.29, 0.717) is 18.8 Å². The van der Waals surface area contributed by atoms with Crippen molar-refractivity contribution in [3.63, 3.8) is 0 Å². The van der Waals surface area contributed by atoms with Crippen molar-refractivity contribution in [3.8, 4) is 0 Å². The van der Waals surface area contributed by atoms with Crippen molar-refractivity contribution in [1.29, 1.82) is 0 Å². The Morgan fingerprint density at radius 2 is 2.47 bits per heavy atom. The summed E-state index contributed by atoms with van der Waals surface area (Å²) in [5.41, 5.74) is 0.877. The lowest BCUT2D eigenvalue weighted by atomic mass is 10.1. The number of halogens is 2. The molecule has 3 nitrogen and oxygen atoms in total. The number of amides is 1. The molecule has 1 aromatic rings. The standard InChI is InChI=1S/C10H10BrClN2O/c11-8-5-13-2-1-9(8)14-6-7(4-12)3-10(14)15/h1-2,5,7H,3-4,6H2. The van der Waals surface area contributed by atoms with Gasteiger partial charge in [0.05, 0.1) is 10.2 Å². The highest BCUT2D eigenvalue weighted by atomic mass is 79.9. The first-order valence-corrected chi connectivity index (χ1v) is 6.01. The van der Waals surface area contributed by atoms with E-state index >= 15 is 0 Å². The van der Waals surface area contributed by atoms with Gasteiger partial charge in [0, 0.05) is 31.2 Å². The second-order valence-electron chi connectivity index (χ2n) is 3.56. The molecule has 1 aromatic heterocycles. The fourth-order valence-corrected chi connectivity index (χ4v) is 2.38. The molecule has 80 valence electrons. The molecule has 1 aliphatic rings. The largest absolute Gasteiger partial charge is 0.311 e. The number of nitrogens with zero attached hydrogens (tertiary/aromatic N) is 2. The minimum Gasteiger partial charge on any atom is -0.311 e. The Morgan fingerprint density at radius 1 is 1.67 bits per heavy atom. The van der Waals surface area contributed by atoms with Gasteiger partial charge in [-0.2, -0.15) is 0 Å². The molecule has 0 bridgehead atoms. The molecule has 1 aliphatic heterocycles. The van der Waals surface area contributed by atoms with Crippen molar-refractivity contribution < 1.29 is 4.79 Å². The van der Waals surface area contributed by atoms with E-state index in [-0.39, 0.29) is 11.8 Å². The van der Waals surface area contributed by atoms with E-state index in [2.05, 4.69) is 20.9 Å². The summed E-state index contributed by atoms with van der Waals surface area (Å²) in [5.74, 6) is 0.928. The fraction of sp³-hybridized carbons (Fsp3) is 0.400. The van der Waals surface area contributed by atoms with Crippen LogP contribution in [0.4, 0.5) is 5.69 Å². The molecule has 1 unspecified atom stereocenters. The van der Waals surface area contributed by atoms with Gasteiger partial charge in [-0.3, -0.25) is 9.78 Å². The van der Waals surface area contributed by atoms with Crippen molar-refractivity contribution in [2.45, 2.75) is 6.42 Å². The molecule has 1 saturated heterocycles. The lowest BCUT2D eigenvalue weighted by molar-refractivity contribution is -0.117. The van der Waals surface area contributed by atoms with E-state index < -0.39 is 0 Å². The molecule has 0 spiro atoms. The number of carbonyl (C=O) groups is 1. The summed E-state index contributed by atoms with van der Waals surface area (Å²) >= 11 is 9.15. The maximum Gasteiger partial charge on any atom is 0.227 e. The lowest BCUT2D eigenvalue weighted by Crippen LogP contribution is -2.25. The average molecular weight is 290 g/mol. The third kappa shape index (κ3) is 2.16. The van der Waals surface area contributed by atoms with E-state index in [0.717, 1.165) is 10.2 Å². The third-order valence-electron chi connectivity index (χ3n) is 2.47. The zero-order chi connectivity index (χ0) is 10.8. The number of hydrogen-bond acceptors (Lipinski definition) is 2. The maximum atomic E-state index is 11.7. The van der Waals surface area contributed by atoms with Crippen LogP contribution in [-0.2, 0) is 4.79 Å². The van der Waals surface area contributed by atoms with Crippen LogP contribution in [0.5, 0.6) is 0 Å². The van der Waals surface area contributed by atoms with Crippen LogP contribution in [0.2, 0.25) is 0 Å². The molecule has 0 aliphatic carbocycles. The number of anilines is 1. The van der Waals surface area contributed by atoms with Crippen LogP contribution in [0.1, 0.15) is 6.42 Å². The molecule has 0 saturated carbocycles. The molecule has 0 N–H and O–H groups in total. The molecule has 2 heterocycles. The second-order valence-corrected chi connectivity index (χ2v) is 4.72. The molecular formula is C10H10BrClN2O. The minimum atomic E-state index is 0.132. The molecule has 15 heavy (non-hydrogen) atoms. The number of aromatic nitrogens is 1. The smallest absolute Gasteiger partial charge is 0.227 e. The first-order valence-electron chi connectivity index (χ1n) is 4.68. The number of carbonyl (C=O) groups excluding carboxylic acids is 1. The normalized spacial score (nSPS) is 21.1. The highest BCUT2D eigenvalue weighted by Gasteiger charge is 2.30. The number of alkyl halides is 1. The predicted octanol–water partition coefficient (Wildman–Crippen LogP) is 2.44. The van der Waals surface area contributed by atoms with Crippen molar-refractivity contribution in [3.05, 3.63) is 22.9 Å². The van der Waals surface area contributed by atoms with E-state index in [1.54, 1.807) is 17.3 Å². The SMILES string of the molecule is O=C1CC(CCl)CN1c1ccncc1Br. The van der Waals surface area contributed by atoms with Gasteiger partial charge in [-0.1, -0.05) is 0 Å². The van der Waals surface area contributed by atoms with Crippen LogP contribution in [-0.4, -0.2) is 23.3 Å². The van der Waals surface area contributed by atoms with Gasteiger partial charge in [0.2, 0.25) is 5.91 Å². The summed E-state index contributed by atoms with van der Waals surface area (Å²) in [6, 6.07) is 1.83. The summed E-state index contributed by atoms with van der Waals surface area (Å²) < 4.78 is 0.841. The summed E-state index contributed by atoms with van der Waals surface area (Å²) in [6.07, 6.45) is 3.91. The second kappa shape index (κ2) is 4.49. The molecule has 1 atom stereocenters. The van der Waals surface area contributed by atoms with Gasteiger partial charge < -0.3 is 4.90 Å². The third-order valence-corrected chi connectivity index (χ3v) is 3.51. The first-order chi connectivity index (χ1) is 7.22. The van der Waals surface area contributed by atoms with Crippen LogP contribution in [0.3, 0.4) is 0 Å². The molecule has 0 radical (unpaired) electrons. The van der Waals surface area contributed by atoms with E-state index in [1.165, 1.54) is 0 Å². The lowest BCUT2D eigenvalue weighted by Gasteiger charge is -2.17. The van der Waals surface area contributed by atoms with E-state index in [9.17, 15) is 4.79 Å². The first kappa shape index (κ1) is 10.9. The highest BCUT2D eigenvalue weighted by molar-refractivity contribution is 9.10. The Balaban J connectivity index is 2.25. The van der Waals surface area contributed by atoms with E-state index in [4.69, 9.17) is 11.6 Å². The topological polar surface area (TPSA) is 33.2 Å². The summed E-state index contributed by atoms with van der Waals surface area (Å²) in [4.78, 5) is 17.5. The van der Waals surface area contributed by atoms with Crippen molar-refractivity contribution in [1.82, 2.24) is 4.98 Å².